The van der Waals surface area contributed by atoms with Crippen molar-refractivity contribution in [3.63, 3.8) is 0 Å². The van der Waals surface area contributed by atoms with Gasteiger partial charge in [0, 0.05) is 18.0 Å². The molecule has 3 aromatic rings. The van der Waals surface area contributed by atoms with Gasteiger partial charge in [0.25, 0.3) is 5.91 Å². The second-order valence-corrected chi connectivity index (χ2v) is 8.08. The minimum Gasteiger partial charge on any atom is -0.496 e. The fourth-order valence-electron chi connectivity index (χ4n) is 2.97. The maximum absolute atomic E-state index is 13.7. The van der Waals surface area contributed by atoms with Crippen molar-refractivity contribution in [3.05, 3.63) is 65.1 Å². The summed E-state index contributed by atoms with van der Waals surface area (Å²) in [5.41, 5.74) is 2.10. The molecule has 0 unspecified atom stereocenters. The molecule has 9 heteroatoms. The number of amides is 1. The molecule has 0 aliphatic heterocycles. The van der Waals surface area contributed by atoms with E-state index in [1.807, 2.05) is 0 Å². The number of halogens is 1. The van der Waals surface area contributed by atoms with Crippen molar-refractivity contribution in [2.24, 2.45) is 5.14 Å². The Bertz CT molecular complexity index is 1180. The van der Waals surface area contributed by atoms with Gasteiger partial charge >= 0.3 is 0 Å². The molecule has 0 spiro atoms. The van der Waals surface area contributed by atoms with E-state index in [4.69, 9.17) is 9.88 Å². The Morgan fingerprint density at radius 3 is 2.52 bits per heavy atom. The first-order valence-corrected chi connectivity index (χ1v) is 10.3. The second-order valence-electron chi connectivity index (χ2n) is 6.52. The smallest absolute Gasteiger partial charge is 0.270 e. The summed E-state index contributed by atoms with van der Waals surface area (Å²) in [5, 5.41) is 8.33. The first-order valence-electron chi connectivity index (χ1n) is 8.74. The van der Waals surface area contributed by atoms with Gasteiger partial charge in [-0.2, -0.15) is 0 Å². The van der Waals surface area contributed by atoms with E-state index in [0.717, 1.165) is 5.56 Å². The number of pyridine rings is 1. The van der Waals surface area contributed by atoms with E-state index in [-0.39, 0.29) is 10.6 Å². The molecule has 3 rings (SSSR count). The molecule has 152 valence electrons. The molecule has 0 aliphatic carbocycles. The van der Waals surface area contributed by atoms with Crippen LogP contribution in [0, 0.1) is 12.7 Å². The van der Waals surface area contributed by atoms with E-state index >= 15 is 0 Å². The Morgan fingerprint density at radius 1 is 1.21 bits per heavy atom. The van der Waals surface area contributed by atoms with Crippen LogP contribution in [0.25, 0.3) is 10.9 Å². The summed E-state index contributed by atoms with van der Waals surface area (Å²) in [7, 11) is -2.29. The molecule has 29 heavy (non-hydrogen) atoms. The zero-order valence-corrected chi connectivity index (χ0v) is 16.7. The number of rotatable bonds is 6. The third-order valence-corrected chi connectivity index (χ3v) is 5.36. The van der Waals surface area contributed by atoms with Gasteiger partial charge in [-0.25, -0.2) is 22.9 Å². The lowest BCUT2D eigenvalue weighted by molar-refractivity contribution is 0.0949. The summed E-state index contributed by atoms with van der Waals surface area (Å²) in [6, 6.07) is 10.3. The van der Waals surface area contributed by atoms with Crippen molar-refractivity contribution in [1.29, 1.82) is 0 Å². The zero-order chi connectivity index (χ0) is 21.2. The van der Waals surface area contributed by atoms with Crippen LogP contribution >= 0.6 is 0 Å². The largest absolute Gasteiger partial charge is 0.496 e. The van der Waals surface area contributed by atoms with E-state index < -0.39 is 21.7 Å². The van der Waals surface area contributed by atoms with E-state index in [1.165, 1.54) is 37.4 Å². The van der Waals surface area contributed by atoms with E-state index in [9.17, 15) is 17.6 Å². The lowest BCUT2D eigenvalue weighted by Crippen LogP contribution is -2.26. The summed E-state index contributed by atoms with van der Waals surface area (Å²) < 4.78 is 41.5. The van der Waals surface area contributed by atoms with Crippen LogP contribution in [-0.4, -0.2) is 33.0 Å². The first kappa shape index (κ1) is 20.7. The number of ether oxygens (including phenoxy) is 1. The molecule has 0 saturated carbocycles. The highest BCUT2D eigenvalue weighted by Crippen LogP contribution is 2.28. The third-order valence-electron chi connectivity index (χ3n) is 4.43. The highest BCUT2D eigenvalue weighted by Gasteiger charge is 2.15. The molecular weight excluding hydrogens is 397 g/mol. The average molecular weight is 417 g/mol. The second kappa shape index (κ2) is 8.14. The first-order chi connectivity index (χ1) is 13.7. The lowest BCUT2D eigenvalue weighted by Gasteiger charge is -2.11. The molecule has 0 atom stereocenters. The Hall–Kier alpha value is -3.04. The molecule has 0 aliphatic rings. The average Bonchev–Trinajstić information content (AvgIpc) is 2.67. The van der Waals surface area contributed by atoms with E-state index in [0.29, 0.717) is 35.2 Å². The van der Waals surface area contributed by atoms with Crippen LogP contribution < -0.4 is 15.2 Å². The normalized spacial score (nSPS) is 11.4. The molecule has 1 heterocycles. The number of primary sulfonamides is 1. The van der Waals surface area contributed by atoms with E-state index in [2.05, 4.69) is 10.3 Å². The number of carbonyl (C=O) groups excluding carboxylic acids is 1. The summed E-state index contributed by atoms with van der Waals surface area (Å²) in [5.74, 6) is -0.433. The summed E-state index contributed by atoms with van der Waals surface area (Å²) in [4.78, 5) is 16.9. The molecule has 3 N–H and O–H groups in total. The van der Waals surface area contributed by atoms with Crippen molar-refractivity contribution in [2.45, 2.75) is 18.2 Å². The molecule has 0 bridgehead atoms. The Morgan fingerprint density at radius 2 is 1.90 bits per heavy atom. The van der Waals surface area contributed by atoms with Crippen LogP contribution in [-0.2, 0) is 16.4 Å². The predicted molar refractivity (Wildman–Crippen MR) is 107 cm³/mol. The number of nitrogens with one attached hydrogen (secondary N) is 1. The number of nitrogens with zero attached hydrogens (tertiary/aromatic N) is 1. The summed E-state index contributed by atoms with van der Waals surface area (Å²) in [6.45, 7) is 2.03. The molecular formula is C20H20FN3O4S. The maximum Gasteiger partial charge on any atom is 0.270 e. The van der Waals surface area contributed by atoms with Gasteiger partial charge in [-0.3, -0.25) is 4.79 Å². The highest BCUT2D eigenvalue weighted by atomic mass is 32.2. The van der Waals surface area contributed by atoms with Gasteiger partial charge in [0.15, 0.2) is 0 Å². The van der Waals surface area contributed by atoms with Crippen molar-refractivity contribution >= 4 is 26.8 Å². The van der Waals surface area contributed by atoms with Gasteiger partial charge in [-0.05, 0) is 48.7 Å². The number of fused-ring (bicyclic) bond motifs is 1. The van der Waals surface area contributed by atoms with Crippen molar-refractivity contribution in [3.8, 4) is 5.75 Å². The minimum atomic E-state index is -3.73. The molecule has 1 aromatic heterocycles. The van der Waals surface area contributed by atoms with Gasteiger partial charge in [0.2, 0.25) is 10.0 Å². The Balaban J connectivity index is 1.73. The van der Waals surface area contributed by atoms with Crippen molar-refractivity contribution in [2.75, 3.05) is 13.7 Å². The number of aryl methyl sites for hydroxylation is 1. The molecule has 0 fully saturated rings. The number of hydrogen-bond donors (Lipinski definition) is 2. The highest BCUT2D eigenvalue weighted by molar-refractivity contribution is 7.89. The maximum atomic E-state index is 13.7. The van der Waals surface area contributed by atoms with Crippen molar-refractivity contribution < 1.29 is 22.3 Å². The van der Waals surface area contributed by atoms with Crippen LogP contribution in [0.2, 0.25) is 0 Å². The number of benzene rings is 2. The zero-order valence-electron chi connectivity index (χ0n) is 15.9. The fourth-order valence-corrected chi connectivity index (χ4v) is 3.48. The van der Waals surface area contributed by atoms with Crippen LogP contribution in [0.5, 0.6) is 5.75 Å². The third kappa shape index (κ3) is 4.69. The monoisotopic (exact) mass is 417 g/mol. The number of nitrogens with two attached hydrogens (primary N) is 1. The van der Waals surface area contributed by atoms with Gasteiger partial charge in [-0.15, -0.1) is 0 Å². The number of aromatic nitrogens is 1. The summed E-state index contributed by atoms with van der Waals surface area (Å²) in [6.07, 6.45) is 0.492. The minimum absolute atomic E-state index is 0.0320. The number of methoxy groups -OCH3 is 1. The van der Waals surface area contributed by atoms with Crippen molar-refractivity contribution in [1.82, 2.24) is 10.3 Å². The Kier molecular flexibility index (Phi) is 5.81. The van der Waals surface area contributed by atoms with Gasteiger partial charge in [0.1, 0.15) is 17.3 Å². The Labute approximate surface area is 167 Å². The van der Waals surface area contributed by atoms with Gasteiger partial charge in [-0.1, -0.05) is 12.1 Å². The number of hydrogen-bond acceptors (Lipinski definition) is 5. The van der Waals surface area contributed by atoms with Crippen LogP contribution in [0.1, 0.15) is 21.6 Å². The van der Waals surface area contributed by atoms with E-state index in [1.54, 1.807) is 19.1 Å². The molecule has 0 saturated heterocycles. The standard InChI is InChI=1S/C20H20FN3O4S/c1-12-9-14(21)10-16-18(28-2)11-17(24-19(12)16)20(25)23-8-7-13-3-5-15(6-4-13)29(22,26)27/h3-6,9-11H,7-8H2,1-2H3,(H,23,25)(H2,22,26,27). The fraction of sp³-hybridized carbons (Fsp3) is 0.200. The topological polar surface area (TPSA) is 111 Å². The van der Waals surface area contributed by atoms with Crippen LogP contribution in [0.3, 0.4) is 0 Å². The van der Waals surface area contributed by atoms with Gasteiger partial charge < -0.3 is 10.1 Å². The number of carbonyl (C=O) groups is 1. The molecule has 1 amide bonds. The van der Waals surface area contributed by atoms with Crippen LogP contribution in [0.15, 0.2) is 47.4 Å². The quantitative estimate of drug-likeness (QED) is 0.639. The van der Waals surface area contributed by atoms with Gasteiger partial charge in [0.05, 0.1) is 17.5 Å². The van der Waals surface area contributed by atoms with Crippen LogP contribution in [0.4, 0.5) is 4.39 Å². The molecule has 0 radical (unpaired) electrons. The summed E-state index contributed by atoms with van der Waals surface area (Å²) >= 11 is 0. The lowest BCUT2D eigenvalue weighted by atomic mass is 10.1. The SMILES string of the molecule is COc1cc(C(=O)NCCc2ccc(S(N)(=O)=O)cc2)nc2c(C)cc(F)cc12. The molecule has 2 aromatic carbocycles. The molecule has 7 nitrogen and oxygen atoms in total. The number of sulfonamides is 1. The predicted octanol–water partition coefficient (Wildman–Crippen LogP) is 2.31.